The third-order valence-electron chi connectivity index (χ3n) is 7.74. The molecule has 2 heterocycles. The molecule has 6 rings (SSSR count). The first-order valence-electron chi connectivity index (χ1n) is 15.0. The van der Waals surface area contributed by atoms with E-state index in [1.54, 1.807) is 0 Å². The molecule has 0 aliphatic heterocycles. The quantitative estimate of drug-likeness (QED) is 0.0754. The number of imidazole rings is 2. The second-order valence-electron chi connectivity index (χ2n) is 11.2. The normalized spacial score (nSPS) is 12.1. The van der Waals surface area contributed by atoms with Crippen LogP contribution in [0.3, 0.4) is 0 Å². The van der Waals surface area contributed by atoms with Gasteiger partial charge in [0.25, 0.3) is 0 Å². The molecule has 6 aromatic rings. The van der Waals surface area contributed by atoms with Crippen LogP contribution in [0.2, 0.25) is 0 Å². The molecule has 0 atom stereocenters. The summed E-state index contributed by atoms with van der Waals surface area (Å²) in [4.78, 5) is 0. The molecule has 0 radical (unpaired) electrons. The summed E-state index contributed by atoms with van der Waals surface area (Å²) in [6.07, 6.45) is -18.9. The van der Waals surface area contributed by atoms with E-state index in [2.05, 4.69) is 0 Å². The van der Waals surface area contributed by atoms with Gasteiger partial charge in [-0.2, -0.15) is 52.7 Å². The van der Waals surface area contributed by atoms with E-state index in [0.717, 1.165) is 66.8 Å². The first-order chi connectivity index (χ1) is 25.9. The molecule has 0 aliphatic rings. The fourth-order valence-electron chi connectivity index (χ4n) is 5.41. The third-order valence-corrected chi connectivity index (χ3v) is 10.2. The van der Waals surface area contributed by atoms with Gasteiger partial charge in [0.2, 0.25) is 0 Å². The number of halogens is 12. The van der Waals surface area contributed by atoms with Crippen LogP contribution in [0, 0.1) is 9.54 Å². The van der Waals surface area contributed by atoms with Crippen LogP contribution in [0.25, 0.3) is 22.7 Å². The molecule has 0 N–H and O–H groups in total. The van der Waals surface area contributed by atoms with E-state index in [9.17, 15) is 52.7 Å². The van der Waals surface area contributed by atoms with Gasteiger partial charge >= 0.3 is 24.7 Å². The molecular weight excluding hydrogens is 943 g/mol. The fraction of sp³-hybridized carbons (Fsp3) is 0.118. The van der Waals surface area contributed by atoms with Crippen LogP contribution >= 0.6 is 24.4 Å². The predicted octanol–water partition coefficient (Wildman–Crippen LogP) is 11.7. The van der Waals surface area contributed by atoms with Crippen molar-refractivity contribution < 1.29 is 69.2 Å². The molecule has 0 saturated heterocycles. The van der Waals surface area contributed by atoms with Crippen molar-refractivity contribution >= 4 is 75.0 Å². The summed E-state index contributed by atoms with van der Waals surface area (Å²) in [5.41, 5.74) is -5.75. The van der Waals surface area contributed by atoms with E-state index in [1.165, 1.54) is 48.5 Å². The molecule has 0 amide bonds. The zero-order chi connectivity index (χ0) is 41.7. The van der Waals surface area contributed by atoms with E-state index in [4.69, 9.17) is 75.0 Å². The fourth-order valence-corrected chi connectivity index (χ4v) is 7.51. The average Bonchev–Trinajstić information content (AvgIpc) is 3.47. The van der Waals surface area contributed by atoms with Gasteiger partial charge in [0, 0.05) is 16.5 Å². The molecule has 4 aromatic carbocycles. The van der Waals surface area contributed by atoms with Crippen LogP contribution < -0.4 is 0 Å². The second kappa shape index (κ2) is 16.9. The number of benzene rings is 4. The summed E-state index contributed by atoms with van der Waals surface area (Å²) < 4.78 is 163. The summed E-state index contributed by atoms with van der Waals surface area (Å²) in [5.74, 6) is 0. The summed E-state index contributed by atoms with van der Waals surface area (Å²) in [6, 6.07) is 17.9. The maximum Gasteiger partial charge on any atom is 0.418 e. The number of para-hydroxylation sites is 4. The van der Waals surface area contributed by atoms with Gasteiger partial charge in [0.05, 0.1) is 45.0 Å². The molecule has 23 heteroatoms. The zero-order valence-electron chi connectivity index (χ0n) is 27.3. The Hall–Kier alpha value is -3.73. The van der Waals surface area contributed by atoms with Crippen molar-refractivity contribution in [3.05, 3.63) is 129 Å². The van der Waals surface area contributed by atoms with Crippen LogP contribution in [-0.4, -0.2) is 18.3 Å². The van der Waals surface area contributed by atoms with Crippen molar-refractivity contribution in [1.82, 2.24) is 18.3 Å². The smallest absolute Gasteiger partial charge is 0.418 e. The Morgan fingerprint density at radius 1 is 0.333 bits per heavy atom. The van der Waals surface area contributed by atoms with Crippen LogP contribution in [-0.2, 0) is 91.7 Å². The molecule has 0 spiro atoms. The summed E-state index contributed by atoms with van der Waals surface area (Å²) in [5, 5.41) is -1.13. The van der Waals surface area contributed by atoms with Gasteiger partial charge in [-0.05, 0) is 73.0 Å². The molecule has 306 valence electrons. The summed E-state index contributed by atoms with van der Waals surface area (Å²) in [7, 11) is 0. The molecule has 4 nitrogen and oxygen atoms in total. The van der Waals surface area contributed by atoms with Crippen LogP contribution in [0.4, 0.5) is 52.7 Å². The van der Waals surface area contributed by atoms with Gasteiger partial charge in [-0.3, -0.25) is 0 Å². The Balaban J connectivity index is 0.000000248. The standard InChI is InChI=1S/2C17H10F6N2S3.Ni/c2*18-16(19,20)9-5-1-3-7-11(9)24-13(26)14(27)25(15(24)28)12-8-4-2-6-10(12)17(21,22)23;/h2*1-8,26-27H;/p-4. The topological polar surface area (TPSA) is 19.7 Å². The van der Waals surface area contributed by atoms with E-state index in [0.29, 0.717) is 0 Å². The molecule has 57 heavy (non-hydrogen) atoms. The van der Waals surface area contributed by atoms with E-state index < -0.39 is 69.7 Å². The number of rotatable bonds is 4. The second-order valence-corrected chi connectivity index (χ2v) is 13.5. The molecule has 0 saturated carbocycles. The van der Waals surface area contributed by atoms with Gasteiger partial charge in [0.1, 0.15) is 0 Å². The summed E-state index contributed by atoms with van der Waals surface area (Å²) >= 11 is 30.9. The number of nitrogens with zero attached hydrogens (tertiary/aromatic N) is 4. The van der Waals surface area contributed by atoms with Gasteiger partial charge in [-0.25, -0.2) is 0 Å². The number of hydrogen-bond donors (Lipinski definition) is 0. The first-order valence-corrected chi connectivity index (χ1v) is 17.4. The van der Waals surface area contributed by atoms with Crippen molar-refractivity contribution in [3.63, 3.8) is 0 Å². The maximum absolute atomic E-state index is 13.4. The van der Waals surface area contributed by atoms with E-state index >= 15 is 0 Å². The number of hydrogen-bond acceptors (Lipinski definition) is 6. The SMILES string of the molecule is FC(F)(F)c1ccccc1-n1c([S-])c([S-])n(-c2ccccc2C(F)(F)F)c1=S.FC(F)(F)c1ccccc1-n1c([S-])c([S-])n(-c2ccccc2C(F)(F)F)c1=S.[Ni]. The van der Waals surface area contributed by atoms with E-state index in [-0.39, 0.29) is 46.1 Å². The maximum atomic E-state index is 13.4. The summed E-state index contributed by atoms with van der Waals surface area (Å²) in [6.45, 7) is 0. The van der Waals surface area contributed by atoms with Gasteiger partial charge < -0.3 is 68.8 Å². The van der Waals surface area contributed by atoms with Crippen LogP contribution in [0.1, 0.15) is 22.3 Å². The Labute approximate surface area is 356 Å². The molecule has 0 bridgehead atoms. The Bertz CT molecular complexity index is 2210. The number of alkyl halides is 12. The van der Waals surface area contributed by atoms with Crippen LogP contribution in [0.15, 0.2) is 117 Å². The average molecular weight is 960 g/mol. The van der Waals surface area contributed by atoms with Crippen molar-refractivity contribution in [2.75, 3.05) is 0 Å². The van der Waals surface area contributed by atoms with Gasteiger partial charge in [-0.1, -0.05) is 48.5 Å². The Kier molecular flexibility index (Phi) is 13.6. The Morgan fingerprint density at radius 2 is 0.491 bits per heavy atom. The minimum atomic E-state index is -4.72. The molecule has 0 fully saturated rings. The largest absolute Gasteiger partial charge is 0.762 e. The van der Waals surface area contributed by atoms with Crippen LogP contribution in [0.5, 0.6) is 0 Å². The van der Waals surface area contributed by atoms with Crippen molar-refractivity contribution in [2.24, 2.45) is 0 Å². The van der Waals surface area contributed by atoms with E-state index in [1.807, 2.05) is 0 Å². The predicted molar refractivity (Wildman–Crippen MR) is 194 cm³/mol. The first kappa shape index (κ1) is 46.0. The third kappa shape index (κ3) is 9.13. The minimum Gasteiger partial charge on any atom is -0.762 e. The van der Waals surface area contributed by atoms with Crippen molar-refractivity contribution in [3.8, 4) is 22.7 Å². The Morgan fingerprint density at radius 3 is 0.649 bits per heavy atom. The zero-order valence-corrected chi connectivity index (χ0v) is 33.2. The van der Waals surface area contributed by atoms with Crippen molar-refractivity contribution in [1.29, 1.82) is 0 Å². The molecular formula is C34H16F12N4NiS6-4. The molecule has 2 aromatic heterocycles. The van der Waals surface area contributed by atoms with Gasteiger partial charge in [-0.15, -0.1) is 20.1 Å². The molecule has 0 unspecified atom stereocenters. The van der Waals surface area contributed by atoms with Gasteiger partial charge in [0.15, 0.2) is 9.54 Å². The minimum absolute atomic E-state index is 0. The van der Waals surface area contributed by atoms with Crippen molar-refractivity contribution in [2.45, 2.75) is 44.8 Å². The monoisotopic (exact) mass is 958 g/mol. The molecule has 0 aliphatic carbocycles. The number of aromatic nitrogens is 4.